The molecular weight excluding hydrogens is 382 g/mol. The number of hydrogen-bond acceptors (Lipinski definition) is 7. The highest BCUT2D eigenvalue weighted by Gasteiger charge is 2.49. The number of amides is 1. The van der Waals surface area contributed by atoms with Gasteiger partial charge in [0.25, 0.3) is 0 Å². The molecule has 3 heterocycles. The molecule has 1 atom stereocenters. The maximum absolute atomic E-state index is 13.6. The molecule has 8 nitrogen and oxygen atoms in total. The zero-order valence-electron chi connectivity index (χ0n) is 17.9. The number of carbonyl (C=O) groups excluding carboxylic acids is 1. The van der Waals surface area contributed by atoms with E-state index in [0.717, 1.165) is 43.7 Å². The van der Waals surface area contributed by atoms with Crippen LogP contribution in [-0.4, -0.2) is 61.7 Å². The van der Waals surface area contributed by atoms with Crippen molar-refractivity contribution < 1.29 is 14.3 Å². The fraction of sp³-hybridized carbons (Fsp3) is 0.500. The second-order valence-electron chi connectivity index (χ2n) is 7.93. The fourth-order valence-electron chi connectivity index (χ4n) is 4.65. The third-order valence-electron chi connectivity index (χ3n) is 6.21. The number of ether oxygens (including phenoxy) is 2. The van der Waals surface area contributed by atoms with E-state index in [9.17, 15) is 4.79 Å². The Hall–Kier alpha value is -3.03. The predicted octanol–water partition coefficient (Wildman–Crippen LogP) is 2.55. The van der Waals surface area contributed by atoms with Gasteiger partial charge in [-0.25, -0.2) is 4.98 Å². The summed E-state index contributed by atoms with van der Waals surface area (Å²) >= 11 is 0. The Labute approximate surface area is 177 Å². The first-order valence-corrected chi connectivity index (χ1v) is 10.4. The number of carbonyl (C=O) groups is 1. The molecule has 1 aromatic heterocycles. The number of methoxy groups -OCH3 is 2. The van der Waals surface area contributed by atoms with E-state index in [4.69, 9.17) is 9.47 Å². The van der Waals surface area contributed by atoms with Crippen LogP contribution in [0.15, 0.2) is 30.5 Å². The average Bonchev–Trinajstić information content (AvgIpc) is 3.22. The highest BCUT2D eigenvalue weighted by atomic mass is 16.5. The number of anilines is 2. The summed E-state index contributed by atoms with van der Waals surface area (Å²) < 4.78 is 11.0. The molecule has 0 unspecified atom stereocenters. The van der Waals surface area contributed by atoms with Gasteiger partial charge in [0.15, 0.2) is 11.5 Å². The molecule has 2 saturated heterocycles. The largest absolute Gasteiger partial charge is 0.493 e. The maximum atomic E-state index is 13.6. The number of nitrogens with zero attached hydrogens (tertiary/aromatic N) is 4. The van der Waals surface area contributed by atoms with Crippen LogP contribution in [0.25, 0.3) is 0 Å². The number of benzene rings is 1. The molecule has 1 N–H and O–H groups in total. The van der Waals surface area contributed by atoms with Gasteiger partial charge in [-0.05, 0) is 31.4 Å². The fourth-order valence-corrected chi connectivity index (χ4v) is 4.65. The Bertz CT molecular complexity index is 921. The number of piperidine rings is 1. The third kappa shape index (κ3) is 3.62. The highest BCUT2D eigenvalue weighted by Crippen LogP contribution is 2.42. The highest BCUT2D eigenvalue weighted by molar-refractivity contribution is 5.85. The average molecular weight is 412 g/mol. The number of para-hydroxylation sites is 1. The van der Waals surface area contributed by atoms with Crippen LogP contribution in [0.1, 0.15) is 24.8 Å². The number of rotatable bonds is 6. The lowest BCUT2D eigenvalue weighted by molar-refractivity contribution is -0.145. The Balaban J connectivity index is 1.53. The maximum Gasteiger partial charge on any atom is 0.230 e. The van der Waals surface area contributed by atoms with E-state index in [0.29, 0.717) is 30.5 Å². The summed E-state index contributed by atoms with van der Waals surface area (Å²) in [5.74, 6) is 3.05. The van der Waals surface area contributed by atoms with Gasteiger partial charge in [-0.2, -0.15) is 4.98 Å². The van der Waals surface area contributed by atoms with E-state index in [1.165, 1.54) is 0 Å². The van der Waals surface area contributed by atoms with Crippen LogP contribution >= 0.6 is 0 Å². The second kappa shape index (κ2) is 8.38. The summed E-state index contributed by atoms with van der Waals surface area (Å²) in [6.07, 6.45) is 4.47. The SMILES string of the molecule is CNc1ccnc(N2CC[C@]3(CCCN(Cc4cccc(OC)c4OC)C3=O)C2)n1. The molecular formula is C22H29N5O3. The van der Waals surface area contributed by atoms with Crippen LogP contribution in [0, 0.1) is 5.41 Å². The molecule has 0 bridgehead atoms. The Morgan fingerprint density at radius 1 is 1.17 bits per heavy atom. The minimum Gasteiger partial charge on any atom is -0.493 e. The molecule has 2 aliphatic heterocycles. The zero-order chi connectivity index (χ0) is 21.1. The summed E-state index contributed by atoms with van der Waals surface area (Å²) in [5, 5.41) is 3.05. The van der Waals surface area contributed by atoms with Crippen molar-refractivity contribution in [3.63, 3.8) is 0 Å². The van der Waals surface area contributed by atoms with Crippen molar-refractivity contribution in [2.45, 2.75) is 25.8 Å². The van der Waals surface area contributed by atoms with Crippen LogP contribution in [-0.2, 0) is 11.3 Å². The van der Waals surface area contributed by atoms with Crippen molar-refractivity contribution in [2.75, 3.05) is 51.1 Å². The van der Waals surface area contributed by atoms with Gasteiger partial charge >= 0.3 is 0 Å². The first-order valence-electron chi connectivity index (χ1n) is 10.4. The summed E-state index contributed by atoms with van der Waals surface area (Å²) in [7, 11) is 5.10. The van der Waals surface area contributed by atoms with Crippen LogP contribution in [0.4, 0.5) is 11.8 Å². The van der Waals surface area contributed by atoms with E-state index in [1.54, 1.807) is 20.4 Å². The zero-order valence-corrected chi connectivity index (χ0v) is 17.9. The number of nitrogens with one attached hydrogen (secondary N) is 1. The van der Waals surface area contributed by atoms with Gasteiger partial charge in [-0.1, -0.05) is 12.1 Å². The predicted molar refractivity (Wildman–Crippen MR) is 115 cm³/mol. The van der Waals surface area contributed by atoms with Gasteiger partial charge in [-0.15, -0.1) is 0 Å². The molecule has 1 amide bonds. The molecule has 2 fully saturated rings. The summed E-state index contributed by atoms with van der Waals surface area (Å²) in [5.41, 5.74) is 0.589. The van der Waals surface area contributed by atoms with Crippen molar-refractivity contribution in [1.29, 1.82) is 0 Å². The lowest BCUT2D eigenvalue weighted by atomic mass is 9.78. The number of hydrogen-bond donors (Lipinski definition) is 1. The van der Waals surface area contributed by atoms with Gasteiger partial charge in [0, 0.05) is 45.0 Å². The van der Waals surface area contributed by atoms with Gasteiger partial charge in [-0.3, -0.25) is 4.79 Å². The molecule has 1 spiro atoms. The van der Waals surface area contributed by atoms with Crippen LogP contribution < -0.4 is 19.7 Å². The summed E-state index contributed by atoms with van der Waals surface area (Å²) in [6, 6.07) is 7.64. The van der Waals surface area contributed by atoms with E-state index in [2.05, 4.69) is 20.2 Å². The van der Waals surface area contributed by atoms with Crippen LogP contribution in [0.3, 0.4) is 0 Å². The van der Waals surface area contributed by atoms with Crippen molar-refractivity contribution in [3.05, 3.63) is 36.0 Å². The molecule has 0 saturated carbocycles. The normalized spacial score (nSPS) is 21.2. The summed E-state index contributed by atoms with van der Waals surface area (Å²) in [4.78, 5) is 26.7. The second-order valence-corrected chi connectivity index (χ2v) is 7.93. The van der Waals surface area contributed by atoms with E-state index < -0.39 is 0 Å². The Morgan fingerprint density at radius 3 is 2.80 bits per heavy atom. The van der Waals surface area contributed by atoms with Crippen LogP contribution in [0.5, 0.6) is 11.5 Å². The first kappa shape index (κ1) is 20.3. The first-order chi connectivity index (χ1) is 14.6. The third-order valence-corrected chi connectivity index (χ3v) is 6.21. The number of aromatic nitrogens is 2. The summed E-state index contributed by atoms with van der Waals surface area (Å²) in [6.45, 7) is 2.72. The topological polar surface area (TPSA) is 79.8 Å². The van der Waals surface area contributed by atoms with Gasteiger partial charge in [0.1, 0.15) is 5.82 Å². The molecule has 30 heavy (non-hydrogen) atoms. The molecule has 0 aliphatic carbocycles. The van der Waals surface area contributed by atoms with E-state index in [-0.39, 0.29) is 11.3 Å². The van der Waals surface area contributed by atoms with Gasteiger partial charge in [0.05, 0.1) is 19.6 Å². The minimum atomic E-state index is -0.372. The molecule has 8 heteroatoms. The monoisotopic (exact) mass is 411 g/mol. The van der Waals surface area contributed by atoms with E-state index in [1.807, 2.05) is 36.2 Å². The van der Waals surface area contributed by atoms with E-state index >= 15 is 0 Å². The van der Waals surface area contributed by atoms with Crippen molar-refractivity contribution in [2.24, 2.45) is 5.41 Å². The standard InChI is InChI=1S/C22H29N5O3/c1-23-18-8-11-24-21(25-18)27-13-10-22(15-27)9-5-12-26(20(22)28)14-16-6-4-7-17(29-2)19(16)30-3/h4,6-8,11H,5,9-10,12-15H2,1-3H3,(H,23,24,25)/t22-/m1/s1. The molecule has 4 rings (SSSR count). The quantitative estimate of drug-likeness (QED) is 0.782. The molecule has 2 aromatic rings. The molecule has 0 radical (unpaired) electrons. The minimum absolute atomic E-state index is 0.214. The number of likely N-dealkylation sites (tertiary alicyclic amines) is 1. The van der Waals surface area contributed by atoms with Crippen molar-refractivity contribution in [1.82, 2.24) is 14.9 Å². The van der Waals surface area contributed by atoms with Crippen molar-refractivity contribution >= 4 is 17.7 Å². The Kier molecular flexibility index (Phi) is 5.65. The van der Waals surface area contributed by atoms with Gasteiger partial charge < -0.3 is 24.6 Å². The lowest BCUT2D eigenvalue weighted by Crippen LogP contribution is -2.49. The lowest BCUT2D eigenvalue weighted by Gasteiger charge is -2.39. The van der Waals surface area contributed by atoms with Crippen LogP contribution in [0.2, 0.25) is 0 Å². The molecule has 160 valence electrons. The molecule has 1 aromatic carbocycles. The van der Waals surface area contributed by atoms with Crippen molar-refractivity contribution in [3.8, 4) is 11.5 Å². The smallest absolute Gasteiger partial charge is 0.230 e. The Morgan fingerprint density at radius 2 is 2.03 bits per heavy atom. The molecule has 2 aliphatic rings. The van der Waals surface area contributed by atoms with Gasteiger partial charge in [0.2, 0.25) is 11.9 Å².